The van der Waals surface area contributed by atoms with E-state index in [1.165, 1.54) is 49.6 Å². The van der Waals surface area contributed by atoms with Gasteiger partial charge in [0.25, 0.3) is 5.91 Å². The van der Waals surface area contributed by atoms with Crippen molar-refractivity contribution in [2.75, 3.05) is 32.2 Å². The summed E-state index contributed by atoms with van der Waals surface area (Å²) < 4.78 is 51.5. The predicted molar refractivity (Wildman–Crippen MR) is 104 cm³/mol. The van der Waals surface area contributed by atoms with Crippen LogP contribution in [0, 0.1) is 5.82 Å². The molecule has 0 aliphatic carbocycles. The van der Waals surface area contributed by atoms with Crippen molar-refractivity contribution < 1.29 is 27.1 Å². The molecule has 0 bridgehead atoms. The van der Waals surface area contributed by atoms with Gasteiger partial charge in [0, 0.05) is 19.8 Å². The van der Waals surface area contributed by atoms with Crippen LogP contribution in [-0.2, 0) is 14.8 Å². The van der Waals surface area contributed by atoms with Crippen LogP contribution in [0.5, 0.6) is 5.75 Å². The van der Waals surface area contributed by atoms with Crippen molar-refractivity contribution in [2.45, 2.75) is 18.2 Å². The molecule has 0 saturated heterocycles. The lowest BCUT2D eigenvalue weighted by Crippen LogP contribution is -2.26. The molecule has 9 heteroatoms. The molecule has 1 amide bonds. The second-order valence-corrected chi connectivity index (χ2v) is 7.51. The number of ether oxygens (including phenoxy) is 2. The van der Waals surface area contributed by atoms with Crippen LogP contribution in [0.2, 0.25) is 0 Å². The first-order valence-electron chi connectivity index (χ1n) is 8.70. The van der Waals surface area contributed by atoms with E-state index in [1.54, 1.807) is 0 Å². The summed E-state index contributed by atoms with van der Waals surface area (Å²) in [6, 6.07) is 9.55. The molecular weight excluding hydrogens is 387 g/mol. The summed E-state index contributed by atoms with van der Waals surface area (Å²) in [7, 11) is -2.41. The normalized spacial score (nSPS) is 11.2. The third kappa shape index (κ3) is 5.75. The Labute approximate surface area is 163 Å². The van der Waals surface area contributed by atoms with Gasteiger partial charge in [-0.2, -0.15) is 0 Å². The molecule has 0 heterocycles. The van der Waals surface area contributed by atoms with E-state index in [0.29, 0.717) is 19.6 Å². The Morgan fingerprint density at radius 3 is 2.61 bits per heavy atom. The monoisotopic (exact) mass is 410 g/mol. The van der Waals surface area contributed by atoms with E-state index in [4.69, 9.17) is 9.47 Å². The van der Waals surface area contributed by atoms with E-state index in [9.17, 15) is 17.6 Å². The van der Waals surface area contributed by atoms with Crippen LogP contribution < -0.4 is 14.8 Å². The van der Waals surface area contributed by atoms with E-state index < -0.39 is 21.7 Å². The molecule has 0 unspecified atom stereocenters. The topological polar surface area (TPSA) is 93.7 Å². The zero-order chi connectivity index (χ0) is 20.6. The van der Waals surface area contributed by atoms with Gasteiger partial charge in [0.15, 0.2) is 0 Å². The maximum atomic E-state index is 13.8. The second-order valence-electron chi connectivity index (χ2n) is 5.74. The van der Waals surface area contributed by atoms with Gasteiger partial charge < -0.3 is 14.8 Å². The number of amides is 1. The zero-order valence-electron chi connectivity index (χ0n) is 15.7. The van der Waals surface area contributed by atoms with Crippen molar-refractivity contribution >= 4 is 21.6 Å². The zero-order valence-corrected chi connectivity index (χ0v) is 16.5. The van der Waals surface area contributed by atoms with E-state index >= 15 is 0 Å². The second kappa shape index (κ2) is 10.2. The molecular formula is C19H23FN2O5S. The number of carbonyl (C=O) groups excluding carboxylic acids is 1. The maximum absolute atomic E-state index is 13.8. The average molecular weight is 410 g/mol. The first kappa shape index (κ1) is 21.8. The van der Waals surface area contributed by atoms with Gasteiger partial charge in [-0.05, 0) is 43.7 Å². The van der Waals surface area contributed by atoms with Gasteiger partial charge >= 0.3 is 0 Å². The summed E-state index contributed by atoms with van der Waals surface area (Å²) in [5.74, 6) is -1.14. The number of halogens is 1. The number of hydrogen-bond donors (Lipinski definition) is 2. The van der Waals surface area contributed by atoms with Crippen LogP contribution >= 0.6 is 0 Å². The maximum Gasteiger partial charge on any atom is 0.258 e. The molecule has 0 aliphatic heterocycles. The van der Waals surface area contributed by atoms with Gasteiger partial charge in [0.1, 0.15) is 11.6 Å². The largest absolute Gasteiger partial charge is 0.495 e. The van der Waals surface area contributed by atoms with Gasteiger partial charge in [0.2, 0.25) is 10.0 Å². The number of hydrogen-bond acceptors (Lipinski definition) is 5. The van der Waals surface area contributed by atoms with Crippen molar-refractivity contribution in [3.8, 4) is 5.75 Å². The Hall–Kier alpha value is -2.49. The minimum atomic E-state index is -3.79. The van der Waals surface area contributed by atoms with Gasteiger partial charge in [0.05, 0.1) is 23.3 Å². The Morgan fingerprint density at radius 1 is 1.18 bits per heavy atom. The number of methoxy groups -OCH3 is 1. The third-order valence-corrected chi connectivity index (χ3v) is 5.27. The van der Waals surface area contributed by atoms with E-state index in [1.807, 2.05) is 6.92 Å². The lowest BCUT2D eigenvalue weighted by atomic mass is 10.2. The lowest BCUT2D eigenvalue weighted by Gasteiger charge is -2.13. The van der Waals surface area contributed by atoms with Gasteiger partial charge in [-0.1, -0.05) is 12.1 Å². The molecule has 2 N–H and O–H groups in total. The Bertz CT molecular complexity index is 918. The van der Waals surface area contributed by atoms with Gasteiger partial charge in [-0.3, -0.25) is 4.79 Å². The fourth-order valence-corrected chi connectivity index (χ4v) is 3.50. The molecule has 28 heavy (non-hydrogen) atoms. The Morgan fingerprint density at radius 2 is 1.93 bits per heavy atom. The van der Waals surface area contributed by atoms with E-state index in [0.717, 1.165) is 0 Å². The number of nitrogens with one attached hydrogen (secondary N) is 2. The molecule has 2 aromatic rings. The highest BCUT2D eigenvalue weighted by molar-refractivity contribution is 7.89. The highest BCUT2D eigenvalue weighted by Gasteiger charge is 2.18. The smallest absolute Gasteiger partial charge is 0.258 e. The first-order valence-corrected chi connectivity index (χ1v) is 10.2. The fourth-order valence-electron chi connectivity index (χ4n) is 2.40. The standard InChI is InChI=1S/C19H23FN2O5S/c1-3-27-12-6-11-21-28(24,25)14-9-10-18(26-2)17(13-14)22-19(23)15-7-4-5-8-16(15)20/h4-5,7-10,13,21H,3,6,11-12H2,1-2H3,(H,22,23). The average Bonchev–Trinajstić information content (AvgIpc) is 2.68. The molecule has 0 saturated carbocycles. The van der Waals surface area contributed by atoms with Gasteiger partial charge in [-0.25, -0.2) is 17.5 Å². The molecule has 152 valence electrons. The summed E-state index contributed by atoms with van der Waals surface area (Å²) in [5.41, 5.74) is -0.0418. The minimum Gasteiger partial charge on any atom is -0.495 e. The number of benzene rings is 2. The van der Waals surface area contributed by atoms with Crippen molar-refractivity contribution in [3.05, 3.63) is 53.8 Å². The molecule has 0 aromatic heterocycles. The molecule has 0 radical (unpaired) electrons. The summed E-state index contributed by atoms with van der Waals surface area (Å²) >= 11 is 0. The van der Waals surface area contributed by atoms with Crippen LogP contribution in [0.1, 0.15) is 23.7 Å². The van der Waals surface area contributed by atoms with E-state index in [-0.39, 0.29) is 28.4 Å². The van der Waals surface area contributed by atoms with Crippen molar-refractivity contribution in [2.24, 2.45) is 0 Å². The SMILES string of the molecule is CCOCCCNS(=O)(=O)c1ccc(OC)c(NC(=O)c2ccccc2F)c1. The van der Waals surface area contributed by atoms with Crippen molar-refractivity contribution in [1.29, 1.82) is 0 Å². The number of rotatable bonds is 10. The Balaban J connectivity index is 2.19. The molecule has 0 fully saturated rings. The summed E-state index contributed by atoms with van der Waals surface area (Å²) in [5, 5.41) is 2.50. The Kier molecular flexibility index (Phi) is 7.91. The number of carbonyl (C=O) groups is 1. The van der Waals surface area contributed by atoms with Crippen molar-refractivity contribution in [3.63, 3.8) is 0 Å². The number of anilines is 1. The fraction of sp³-hybridized carbons (Fsp3) is 0.316. The summed E-state index contributed by atoms with van der Waals surface area (Å²) in [6.45, 7) is 3.09. The lowest BCUT2D eigenvalue weighted by molar-refractivity contribution is 0.102. The number of sulfonamides is 1. The van der Waals surface area contributed by atoms with Crippen molar-refractivity contribution in [1.82, 2.24) is 4.72 Å². The molecule has 0 aliphatic rings. The molecule has 0 atom stereocenters. The summed E-state index contributed by atoms with van der Waals surface area (Å²) in [4.78, 5) is 12.3. The third-order valence-electron chi connectivity index (χ3n) is 3.81. The van der Waals surface area contributed by atoms with Crippen LogP contribution in [0.15, 0.2) is 47.4 Å². The highest BCUT2D eigenvalue weighted by atomic mass is 32.2. The quantitative estimate of drug-likeness (QED) is 0.588. The first-order chi connectivity index (χ1) is 13.4. The molecule has 7 nitrogen and oxygen atoms in total. The molecule has 2 rings (SSSR count). The van der Waals surface area contributed by atoms with Crippen LogP contribution in [0.3, 0.4) is 0 Å². The van der Waals surface area contributed by atoms with Crippen LogP contribution in [0.4, 0.5) is 10.1 Å². The van der Waals surface area contributed by atoms with Crippen LogP contribution in [-0.4, -0.2) is 41.2 Å². The minimum absolute atomic E-state index is 0.0476. The van der Waals surface area contributed by atoms with Crippen LogP contribution in [0.25, 0.3) is 0 Å². The summed E-state index contributed by atoms with van der Waals surface area (Å²) in [6.07, 6.45) is 0.528. The van der Waals surface area contributed by atoms with Gasteiger partial charge in [-0.15, -0.1) is 0 Å². The molecule has 0 spiro atoms. The molecule has 2 aromatic carbocycles. The van der Waals surface area contributed by atoms with E-state index in [2.05, 4.69) is 10.0 Å². The predicted octanol–water partition coefficient (Wildman–Crippen LogP) is 2.79. The highest BCUT2D eigenvalue weighted by Crippen LogP contribution is 2.28.